The van der Waals surface area contributed by atoms with Crippen LogP contribution in [0.4, 0.5) is 0 Å². The van der Waals surface area contributed by atoms with Crippen LogP contribution in [-0.4, -0.2) is 63.1 Å². The largest absolute Gasteiger partial charge is 0.461 e. The molecule has 0 aliphatic heterocycles. The highest BCUT2D eigenvalue weighted by atomic mass is 16.5. The molecule has 0 aliphatic carbocycles. The zero-order chi connectivity index (χ0) is 35.3. The van der Waals surface area contributed by atoms with Crippen molar-refractivity contribution < 1.29 is 23.9 Å². The molecule has 1 amide bonds. The second-order valence-corrected chi connectivity index (χ2v) is 13.8. The van der Waals surface area contributed by atoms with Gasteiger partial charge in [-0.1, -0.05) is 128 Å². The standard InChI is InChI=1S/C41H76N2O5/c1-5-7-9-11-13-21-27-35-47-40(45)31-25-19-15-17-23-29-38(37-39(44)42-33-34-43(3)4)30-24-18-16-20-26-32-41(46)48-36-28-22-14-12-10-8-6-2/h21-22,27-28,38H,5-20,23-26,29-37H2,1-4H3,(H,42,44)/b27-21-,28-22-. The molecule has 0 spiro atoms. The molecule has 7 nitrogen and oxygen atoms in total. The van der Waals surface area contributed by atoms with Gasteiger partial charge in [-0.25, -0.2) is 0 Å². The maximum atomic E-state index is 12.6. The van der Waals surface area contributed by atoms with Gasteiger partial charge in [0.15, 0.2) is 0 Å². The molecule has 0 aromatic heterocycles. The summed E-state index contributed by atoms with van der Waals surface area (Å²) in [6.45, 7) is 6.76. The van der Waals surface area contributed by atoms with Crippen molar-refractivity contribution in [3.05, 3.63) is 24.3 Å². The highest BCUT2D eigenvalue weighted by molar-refractivity contribution is 5.76. The molecule has 0 radical (unpaired) electrons. The number of hydrogen-bond acceptors (Lipinski definition) is 6. The lowest BCUT2D eigenvalue weighted by atomic mass is 9.91. The normalized spacial score (nSPS) is 11.7. The van der Waals surface area contributed by atoms with Crippen molar-refractivity contribution in [2.24, 2.45) is 5.92 Å². The summed E-state index contributed by atoms with van der Waals surface area (Å²) in [6.07, 6.45) is 34.7. The number of unbranched alkanes of at least 4 members (excludes halogenated alkanes) is 16. The lowest BCUT2D eigenvalue weighted by molar-refractivity contribution is -0.143. The number of carbonyl (C=O) groups is 3. The predicted molar refractivity (Wildman–Crippen MR) is 202 cm³/mol. The number of rotatable bonds is 35. The van der Waals surface area contributed by atoms with Crippen LogP contribution in [0.2, 0.25) is 0 Å². The number of carbonyl (C=O) groups excluding carboxylic acids is 3. The monoisotopic (exact) mass is 677 g/mol. The van der Waals surface area contributed by atoms with E-state index >= 15 is 0 Å². The van der Waals surface area contributed by atoms with E-state index in [1.165, 1.54) is 51.4 Å². The SMILES string of the molecule is CCCCCC/C=C\COC(=O)CCCCCCCC(CCCCCCCC(=O)OC/C=C\CCCCCC)CC(=O)NCCN(C)C. The second kappa shape index (κ2) is 36.1. The Balaban J connectivity index is 4.11. The van der Waals surface area contributed by atoms with Crippen molar-refractivity contribution in [1.29, 1.82) is 0 Å². The van der Waals surface area contributed by atoms with Crippen LogP contribution in [0.25, 0.3) is 0 Å². The molecular formula is C41H76N2O5. The third kappa shape index (κ3) is 35.2. The molecule has 0 unspecified atom stereocenters. The van der Waals surface area contributed by atoms with Crippen LogP contribution < -0.4 is 5.32 Å². The zero-order valence-corrected chi connectivity index (χ0v) is 31.9. The highest BCUT2D eigenvalue weighted by Gasteiger charge is 2.14. The van der Waals surface area contributed by atoms with E-state index in [9.17, 15) is 14.4 Å². The van der Waals surface area contributed by atoms with Crippen LogP contribution in [-0.2, 0) is 23.9 Å². The average molecular weight is 677 g/mol. The number of amides is 1. The Kier molecular flexibility index (Phi) is 34.5. The summed E-state index contributed by atoms with van der Waals surface area (Å²) in [4.78, 5) is 38.7. The van der Waals surface area contributed by atoms with Gasteiger partial charge < -0.3 is 19.7 Å². The van der Waals surface area contributed by atoms with E-state index in [1.54, 1.807) is 0 Å². The van der Waals surface area contributed by atoms with Crippen molar-refractivity contribution in [1.82, 2.24) is 10.2 Å². The van der Waals surface area contributed by atoms with Crippen LogP contribution in [0, 0.1) is 5.92 Å². The molecule has 0 saturated heterocycles. The van der Waals surface area contributed by atoms with Gasteiger partial charge in [0.2, 0.25) is 5.91 Å². The third-order valence-electron chi connectivity index (χ3n) is 8.80. The van der Waals surface area contributed by atoms with Gasteiger partial charge in [-0.15, -0.1) is 0 Å². The van der Waals surface area contributed by atoms with Crippen LogP contribution in [0.3, 0.4) is 0 Å². The Morgan fingerprint density at radius 2 is 1.02 bits per heavy atom. The van der Waals surface area contributed by atoms with Crippen LogP contribution in [0.15, 0.2) is 24.3 Å². The molecule has 0 fully saturated rings. The van der Waals surface area contributed by atoms with Crippen molar-refractivity contribution in [3.63, 3.8) is 0 Å². The molecular weight excluding hydrogens is 600 g/mol. The molecule has 48 heavy (non-hydrogen) atoms. The molecule has 0 saturated carbocycles. The molecule has 0 aromatic carbocycles. The molecule has 0 aliphatic rings. The smallest absolute Gasteiger partial charge is 0.306 e. The topological polar surface area (TPSA) is 84.9 Å². The number of hydrogen-bond donors (Lipinski definition) is 1. The molecule has 0 aromatic rings. The second-order valence-electron chi connectivity index (χ2n) is 13.8. The Morgan fingerprint density at radius 3 is 1.48 bits per heavy atom. The lowest BCUT2D eigenvalue weighted by Crippen LogP contribution is -2.32. The van der Waals surface area contributed by atoms with E-state index in [0.29, 0.717) is 44.9 Å². The number of nitrogens with zero attached hydrogens (tertiary/aromatic N) is 1. The van der Waals surface area contributed by atoms with Crippen molar-refractivity contribution in [3.8, 4) is 0 Å². The number of nitrogens with one attached hydrogen (secondary N) is 1. The van der Waals surface area contributed by atoms with Gasteiger partial charge in [-0.05, 0) is 71.4 Å². The quantitative estimate of drug-likeness (QED) is 0.0409. The summed E-state index contributed by atoms with van der Waals surface area (Å²) in [5, 5.41) is 3.09. The van der Waals surface area contributed by atoms with Gasteiger partial charge in [-0.3, -0.25) is 14.4 Å². The number of esters is 2. The third-order valence-corrected chi connectivity index (χ3v) is 8.80. The summed E-state index contributed by atoms with van der Waals surface area (Å²) in [6, 6.07) is 0. The van der Waals surface area contributed by atoms with E-state index in [4.69, 9.17) is 9.47 Å². The molecule has 1 N–H and O–H groups in total. The number of allylic oxidation sites excluding steroid dienone is 2. The van der Waals surface area contributed by atoms with E-state index in [0.717, 1.165) is 96.4 Å². The highest BCUT2D eigenvalue weighted by Crippen LogP contribution is 2.22. The fourth-order valence-electron chi connectivity index (χ4n) is 5.74. The maximum absolute atomic E-state index is 12.6. The summed E-state index contributed by atoms with van der Waals surface area (Å²) < 4.78 is 10.7. The van der Waals surface area contributed by atoms with E-state index in [2.05, 4.69) is 36.2 Å². The van der Waals surface area contributed by atoms with Crippen molar-refractivity contribution in [2.75, 3.05) is 40.4 Å². The Bertz CT molecular complexity index is 759. The minimum atomic E-state index is -0.0952. The zero-order valence-electron chi connectivity index (χ0n) is 31.9. The first-order valence-electron chi connectivity index (χ1n) is 19.9. The van der Waals surface area contributed by atoms with Crippen LogP contribution in [0.1, 0.15) is 174 Å². The fourth-order valence-corrected chi connectivity index (χ4v) is 5.74. The minimum absolute atomic E-state index is 0.0952. The van der Waals surface area contributed by atoms with E-state index in [1.807, 2.05) is 26.2 Å². The number of ether oxygens (including phenoxy) is 2. The maximum Gasteiger partial charge on any atom is 0.306 e. The van der Waals surface area contributed by atoms with Crippen molar-refractivity contribution >= 4 is 17.8 Å². The molecule has 0 atom stereocenters. The van der Waals surface area contributed by atoms with E-state index in [-0.39, 0.29) is 17.8 Å². The molecule has 280 valence electrons. The Morgan fingerprint density at radius 1 is 0.583 bits per heavy atom. The predicted octanol–water partition coefficient (Wildman–Crippen LogP) is 10.3. The average Bonchev–Trinajstić information content (AvgIpc) is 3.05. The number of likely N-dealkylation sites (N-methyl/N-ethyl adjacent to an activating group) is 1. The summed E-state index contributed by atoms with van der Waals surface area (Å²) >= 11 is 0. The Hall–Kier alpha value is -2.15. The fraction of sp³-hybridized carbons (Fsp3) is 0.829. The van der Waals surface area contributed by atoms with Gasteiger partial charge in [0, 0.05) is 32.4 Å². The Labute approximate surface area is 296 Å². The first-order valence-corrected chi connectivity index (χ1v) is 19.9. The lowest BCUT2D eigenvalue weighted by Gasteiger charge is -2.17. The van der Waals surface area contributed by atoms with Gasteiger partial charge >= 0.3 is 11.9 Å². The van der Waals surface area contributed by atoms with Crippen LogP contribution >= 0.6 is 0 Å². The van der Waals surface area contributed by atoms with Gasteiger partial charge in [0.1, 0.15) is 13.2 Å². The van der Waals surface area contributed by atoms with E-state index < -0.39 is 0 Å². The molecule has 0 bridgehead atoms. The van der Waals surface area contributed by atoms with Gasteiger partial charge in [0.25, 0.3) is 0 Å². The first-order chi connectivity index (χ1) is 23.4. The van der Waals surface area contributed by atoms with Gasteiger partial charge in [-0.2, -0.15) is 0 Å². The minimum Gasteiger partial charge on any atom is -0.461 e. The molecule has 0 rings (SSSR count). The summed E-state index contributed by atoms with van der Waals surface area (Å²) in [5.41, 5.74) is 0. The summed E-state index contributed by atoms with van der Waals surface area (Å²) in [7, 11) is 4.04. The van der Waals surface area contributed by atoms with Crippen molar-refractivity contribution in [2.45, 2.75) is 174 Å². The molecule has 0 heterocycles. The summed E-state index contributed by atoms with van der Waals surface area (Å²) in [5.74, 6) is 0.384. The molecule has 7 heteroatoms. The van der Waals surface area contributed by atoms with Crippen LogP contribution in [0.5, 0.6) is 0 Å². The van der Waals surface area contributed by atoms with Gasteiger partial charge in [0.05, 0.1) is 0 Å². The first kappa shape index (κ1) is 45.9.